The summed E-state index contributed by atoms with van der Waals surface area (Å²) in [6.07, 6.45) is 5.74. The van der Waals surface area contributed by atoms with Crippen molar-refractivity contribution in [3.8, 4) is 0 Å². The van der Waals surface area contributed by atoms with Gasteiger partial charge in [0.15, 0.2) is 0 Å². The minimum Gasteiger partial charge on any atom is -0.326 e. The van der Waals surface area contributed by atoms with Crippen LogP contribution >= 0.6 is 0 Å². The third-order valence-corrected chi connectivity index (χ3v) is 3.74. The molecule has 1 saturated carbocycles. The third kappa shape index (κ3) is 1.89. The summed E-state index contributed by atoms with van der Waals surface area (Å²) >= 11 is 0. The zero-order valence-corrected chi connectivity index (χ0v) is 11.1. The van der Waals surface area contributed by atoms with Gasteiger partial charge in [-0.05, 0) is 30.5 Å². The Morgan fingerprint density at radius 3 is 2.90 bits per heavy atom. The van der Waals surface area contributed by atoms with Crippen molar-refractivity contribution in [3.63, 3.8) is 0 Å². The molecule has 0 spiro atoms. The SMILES string of the molecule is NCc1ccc2c(c1)nc(Cn1cncn1)n2C1CC1. The lowest BCUT2D eigenvalue weighted by Gasteiger charge is -2.07. The fourth-order valence-electron chi connectivity index (χ4n) is 2.63. The Hall–Kier alpha value is -2.21. The van der Waals surface area contributed by atoms with E-state index in [4.69, 9.17) is 10.7 Å². The minimum absolute atomic E-state index is 0.546. The molecule has 1 aliphatic rings. The van der Waals surface area contributed by atoms with E-state index in [9.17, 15) is 0 Å². The average Bonchev–Trinajstić information content (AvgIpc) is 3.05. The van der Waals surface area contributed by atoms with Crippen LogP contribution in [0.5, 0.6) is 0 Å². The smallest absolute Gasteiger partial charge is 0.137 e. The fourth-order valence-corrected chi connectivity index (χ4v) is 2.63. The lowest BCUT2D eigenvalue weighted by Crippen LogP contribution is -2.08. The highest BCUT2D eigenvalue weighted by atomic mass is 15.3. The highest BCUT2D eigenvalue weighted by molar-refractivity contribution is 5.77. The summed E-state index contributed by atoms with van der Waals surface area (Å²) in [4.78, 5) is 8.76. The van der Waals surface area contributed by atoms with Crippen LogP contribution in [0.1, 0.15) is 30.3 Å². The van der Waals surface area contributed by atoms with Crippen LogP contribution in [0.25, 0.3) is 11.0 Å². The van der Waals surface area contributed by atoms with Crippen molar-refractivity contribution in [3.05, 3.63) is 42.2 Å². The molecule has 6 nitrogen and oxygen atoms in total. The summed E-state index contributed by atoms with van der Waals surface area (Å²) in [5.41, 5.74) is 9.04. The zero-order valence-electron chi connectivity index (χ0n) is 11.1. The zero-order chi connectivity index (χ0) is 13.5. The number of aromatic nitrogens is 5. The van der Waals surface area contributed by atoms with Crippen LogP contribution in [-0.2, 0) is 13.1 Å². The molecule has 0 radical (unpaired) electrons. The maximum absolute atomic E-state index is 5.71. The molecule has 6 heteroatoms. The Morgan fingerprint density at radius 1 is 1.30 bits per heavy atom. The number of nitrogens with two attached hydrogens (primary N) is 1. The van der Waals surface area contributed by atoms with Gasteiger partial charge in [-0.1, -0.05) is 6.07 Å². The normalized spacial score (nSPS) is 15.1. The number of benzene rings is 1. The maximum atomic E-state index is 5.71. The van der Waals surface area contributed by atoms with Crippen LogP contribution in [0, 0.1) is 0 Å². The molecule has 1 fully saturated rings. The second-order valence-electron chi connectivity index (χ2n) is 5.25. The molecule has 102 valence electrons. The van der Waals surface area contributed by atoms with Gasteiger partial charge in [-0.3, -0.25) is 0 Å². The van der Waals surface area contributed by atoms with Crippen molar-refractivity contribution < 1.29 is 0 Å². The summed E-state index contributed by atoms with van der Waals surface area (Å²) < 4.78 is 4.15. The molecule has 20 heavy (non-hydrogen) atoms. The summed E-state index contributed by atoms with van der Waals surface area (Å²) in [6, 6.07) is 6.89. The largest absolute Gasteiger partial charge is 0.326 e. The lowest BCUT2D eigenvalue weighted by molar-refractivity contribution is 0.607. The molecule has 1 aromatic carbocycles. The van der Waals surface area contributed by atoms with Crippen LogP contribution in [-0.4, -0.2) is 24.3 Å². The van der Waals surface area contributed by atoms with E-state index in [0.717, 1.165) is 16.9 Å². The predicted molar refractivity (Wildman–Crippen MR) is 75.0 cm³/mol. The molecule has 2 aromatic heterocycles. The molecule has 2 heterocycles. The second-order valence-corrected chi connectivity index (χ2v) is 5.25. The molecule has 0 amide bonds. The lowest BCUT2D eigenvalue weighted by atomic mass is 10.2. The Morgan fingerprint density at radius 2 is 2.20 bits per heavy atom. The molecule has 0 bridgehead atoms. The van der Waals surface area contributed by atoms with Gasteiger partial charge < -0.3 is 10.3 Å². The van der Waals surface area contributed by atoms with E-state index in [1.54, 1.807) is 12.7 Å². The molecule has 3 aromatic rings. The van der Waals surface area contributed by atoms with E-state index in [1.807, 2.05) is 4.68 Å². The van der Waals surface area contributed by atoms with E-state index in [2.05, 4.69) is 32.8 Å². The Balaban J connectivity index is 1.83. The summed E-state index contributed by atoms with van der Waals surface area (Å²) in [5, 5.41) is 4.17. The number of hydrogen-bond acceptors (Lipinski definition) is 4. The van der Waals surface area contributed by atoms with Gasteiger partial charge in [0.2, 0.25) is 0 Å². The summed E-state index contributed by atoms with van der Waals surface area (Å²) in [5.74, 6) is 1.04. The molecule has 0 atom stereocenters. The summed E-state index contributed by atoms with van der Waals surface area (Å²) in [6.45, 7) is 1.20. The first-order chi connectivity index (χ1) is 9.85. The first-order valence-electron chi connectivity index (χ1n) is 6.87. The molecule has 0 saturated heterocycles. The first kappa shape index (κ1) is 11.6. The van der Waals surface area contributed by atoms with Gasteiger partial charge in [-0.2, -0.15) is 5.10 Å². The van der Waals surface area contributed by atoms with Gasteiger partial charge in [0, 0.05) is 12.6 Å². The molecule has 0 aliphatic heterocycles. The van der Waals surface area contributed by atoms with Gasteiger partial charge in [0.1, 0.15) is 25.0 Å². The van der Waals surface area contributed by atoms with Crippen LogP contribution in [0.15, 0.2) is 30.9 Å². The van der Waals surface area contributed by atoms with Crippen LogP contribution in [0.2, 0.25) is 0 Å². The van der Waals surface area contributed by atoms with E-state index < -0.39 is 0 Å². The number of nitrogens with zero attached hydrogens (tertiary/aromatic N) is 5. The van der Waals surface area contributed by atoms with Crippen molar-refractivity contribution in [2.45, 2.75) is 32.0 Å². The molecule has 4 rings (SSSR count). The third-order valence-electron chi connectivity index (χ3n) is 3.74. The minimum atomic E-state index is 0.546. The standard InChI is InChI=1S/C14H16N6/c15-6-10-1-4-13-12(5-10)18-14(20(13)11-2-3-11)7-19-9-16-8-17-19/h1,4-5,8-9,11H,2-3,6-7,15H2. The van der Waals surface area contributed by atoms with Crippen molar-refractivity contribution in [1.82, 2.24) is 24.3 Å². The fraction of sp³-hybridized carbons (Fsp3) is 0.357. The highest BCUT2D eigenvalue weighted by Crippen LogP contribution is 2.38. The number of imidazole rings is 1. The maximum Gasteiger partial charge on any atom is 0.137 e. The quantitative estimate of drug-likeness (QED) is 0.777. The number of hydrogen-bond donors (Lipinski definition) is 1. The van der Waals surface area contributed by atoms with E-state index in [1.165, 1.54) is 18.4 Å². The van der Waals surface area contributed by atoms with Gasteiger partial charge in [-0.15, -0.1) is 0 Å². The Kier molecular flexibility index (Phi) is 2.56. The molecule has 1 aliphatic carbocycles. The highest BCUT2D eigenvalue weighted by Gasteiger charge is 2.28. The average molecular weight is 268 g/mol. The Bertz CT molecular complexity index is 738. The van der Waals surface area contributed by atoms with Crippen molar-refractivity contribution >= 4 is 11.0 Å². The molecule has 0 unspecified atom stereocenters. The van der Waals surface area contributed by atoms with Gasteiger partial charge in [-0.25, -0.2) is 14.6 Å². The van der Waals surface area contributed by atoms with Crippen molar-refractivity contribution in [2.75, 3.05) is 0 Å². The first-order valence-corrected chi connectivity index (χ1v) is 6.87. The monoisotopic (exact) mass is 268 g/mol. The van der Waals surface area contributed by atoms with Crippen LogP contribution in [0.3, 0.4) is 0 Å². The number of fused-ring (bicyclic) bond motifs is 1. The molecular formula is C14H16N6. The van der Waals surface area contributed by atoms with E-state index in [0.29, 0.717) is 19.1 Å². The van der Waals surface area contributed by atoms with E-state index in [-0.39, 0.29) is 0 Å². The van der Waals surface area contributed by atoms with Gasteiger partial charge in [0.05, 0.1) is 11.0 Å². The topological polar surface area (TPSA) is 74.6 Å². The van der Waals surface area contributed by atoms with Gasteiger partial charge in [0.25, 0.3) is 0 Å². The molecular weight excluding hydrogens is 252 g/mol. The van der Waals surface area contributed by atoms with Crippen molar-refractivity contribution in [2.24, 2.45) is 5.73 Å². The van der Waals surface area contributed by atoms with Gasteiger partial charge >= 0.3 is 0 Å². The van der Waals surface area contributed by atoms with Crippen LogP contribution in [0.4, 0.5) is 0 Å². The summed E-state index contributed by atoms with van der Waals surface area (Å²) in [7, 11) is 0. The van der Waals surface area contributed by atoms with Crippen LogP contribution < -0.4 is 5.73 Å². The van der Waals surface area contributed by atoms with Crippen molar-refractivity contribution in [1.29, 1.82) is 0 Å². The number of rotatable bonds is 4. The second kappa shape index (κ2) is 4.42. The molecule has 2 N–H and O–H groups in total. The Labute approximate surface area is 116 Å². The predicted octanol–water partition coefficient (Wildman–Crippen LogP) is 1.47. The van der Waals surface area contributed by atoms with E-state index >= 15 is 0 Å².